The monoisotopic (exact) mass is 519 g/mol. The number of rotatable bonds is 8. The Morgan fingerprint density at radius 3 is 2.66 bits per heavy atom. The van der Waals surface area contributed by atoms with E-state index < -0.39 is 23.7 Å². The Morgan fingerprint density at radius 1 is 1.19 bits per heavy atom. The van der Waals surface area contributed by atoms with Gasteiger partial charge in [-0.25, -0.2) is 0 Å². The molecule has 32 heavy (non-hydrogen) atoms. The third-order valence-electron chi connectivity index (χ3n) is 4.48. The van der Waals surface area contributed by atoms with Crippen LogP contribution in [-0.2, 0) is 20.9 Å². The molecule has 1 saturated heterocycles. The summed E-state index contributed by atoms with van der Waals surface area (Å²) in [5, 5.41) is -0.520. The fraction of sp³-hybridized carbons (Fsp3) is 0.261. The average Bonchev–Trinajstić information content (AvgIpc) is 3.00. The summed E-state index contributed by atoms with van der Waals surface area (Å²) in [5.74, 6) is -0.150. The largest absolute Gasteiger partial charge is 0.490 e. The SMILES string of the molecule is CCOc1cc(/C=C2\SC(=O)N(CC(=O)OC)C2=O)cc(Br)c1OCc1cccc(C)c1. The first-order valence-electron chi connectivity index (χ1n) is 9.79. The van der Waals surface area contributed by atoms with E-state index in [0.717, 1.165) is 27.8 Å². The predicted molar refractivity (Wildman–Crippen MR) is 126 cm³/mol. The summed E-state index contributed by atoms with van der Waals surface area (Å²) in [6, 6.07) is 11.6. The van der Waals surface area contributed by atoms with Crippen molar-refractivity contribution in [3.63, 3.8) is 0 Å². The molecule has 3 rings (SSSR count). The zero-order valence-corrected chi connectivity index (χ0v) is 20.2. The van der Waals surface area contributed by atoms with E-state index in [1.807, 2.05) is 38.1 Å². The van der Waals surface area contributed by atoms with E-state index in [9.17, 15) is 14.4 Å². The van der Waals surface area contributed by atoms with E-state index in [2.05, 4.69) is 20.7 Å². The molecule has 1 fully saturated rings. The molecule has 1 heterocycles. The summed E-state index contributed by atoms with van der Waals surface area (Å²) in [6.07, 6.45) is 1.58. The molecule has 2 amide bonds. The third-order valence-corrected chi connectivity index (χ3v) is 5.98. The molecule has 0 radical (unpaired) electrons. The van der Waals surface area contributed by atoms with Gasteiger partial charge in [0, 0.05) is 0 Å². The molecule has 0 saturated carbocycles. The summed E-state index contributed by atoms with van der Waals surface area (Å²) in [6.45, 7) is 4.26. The van der Waals surface area contributed by atoms with Crippen molar-refractivity contribution in [3.8, 4) is 11.5 Å². The first-order chi connectivity index (χ1) is 15.3. The van der Waals surface area contributed by atoms with Gasteiger partial charge >= 0.3 is 5.97 Å². The second-order valence-corrected chi connectivity index (χ2v) is 8.73. The number of nitrogens with zero attached hydrogens (tertiary/aromatic N) is 1. The molecule has 9 heteroatoms. The molecule has 7 nitrogen and oxygen atoms in total. The normalized spacial score (nSPS) is 14.8. The molecule has 2 aromatic carbocycles. The van der Waals surface area contributed by atoms with Gasteiger partial charge in [-0.15, -0.1) is 0 Å². The Balaban J connectivity index is 1.84. The van der Waals surface area contributed by atoms with Crippen molar-refractivity contribution in [1.82, 2.24) is 4.90 Å². The Bertz CT molecular complexity index is 1080. The number of halogens is 1. The second-order valence-electron chi connectivity index (χ2n) is 6.88. The lowest BCUT2D eigenvalue weighted by atomic mass is 10.1. The van der Waals surface area contributed by atoms with Crippen LogP contribution >= 0.6 is 27.7 Å². The van der Waals surface area contributed by atoms with Gasteiger partial charge in [-0.1, -0.05) is 29.8 Å². The first kappa shape index (κ1) is 23.9. The lowest BCUT2D eigenvalue weighted by Crippen LogP contribution is -2.34. The van der Waals surface area contributed by atoms with Gasteiger partial charge in [-0.2, -0.15) is 0 Å². The second kappa shape index (κ2) is 10.7. The van der Waals surface area contributed by atoms with Crippen LogP contribution in [0.2, 0.25) is 0 Å². The molecule has 168 valence electrons. The average molecular weight is 520 g/mol. The van der Waals surface area contributed by atoms with E-state index in [1.54, 1.807) is 18.2 Å². The number of carbonyl (C=O) groups excluding carboxylic acids is 3. The number of hydrogen-bond donors (Lipinski definition) is 0. The van der Waals surface area contributed by atoms with Crippen molar-refractivity contribution in [2.24, 2.45) is 0 Å². The molecule has 0 aromatic heterocycles. The molecule has 0 N–H and O–H groups in total. The van der Waals surface area contributed by atoms with Crippen molar-refractivity contribution >= 4 is 50.9 Å². The summed E-state index contributed by atoms with van der Waals surface area (Å²) in [7, 11) is 1.20. The molecule has 0 atom stereocenters. The minimum atomic E-state index is -0.662. The van der Waals surface area contributed by atoms with Crippen LogP contribution < -0.4 is 9.47 Å². The van der Waals surface area contributed by atoms with Crippen molar-refractivity contribution in [2.75, 3.05) is 20.3 Å². The van der Waals surface area contributed by atoms with Gasteiger partial charge in [-0.05, 0) is 70.9 Å². The molecular formula is C23H22BrNO6S. The van der Waals surface area contributed by atoms with Crippen molar-refractivity contribution in [2.45, 2.75) is 20.5 Å². The fourth-order valence-corrected chi connectivity index (χ4v) is 4.43. The highest BCUT2D eigenvalue weighted by Crippen LogP contribution is 2.39. The van der Waals surface area contributed by atoms with Crippen LogP contribution in [0.25, 0.3) is 6.08 Å². The van der Waals surface area contributed by atoms with Crippen LogP contribution in [0.3, 0.4) is 0 Å². The van der Waals surface area contributed by atoms with Crippen LogP contribution in [0.1, 0.15) is 23.6 Å². The summed E-state index contributed by atoms with van der Waals surface area (Å²) >= 11 is 4.29. The Labute approximate surface area is 198 Å². The minimum Gasteiger partial charge on any atom is -0.490 e. The highest BCUT2D eigenvalue weighted by atomic mass is 79.9. The van der Waals surface area contributed by atoms with Gasteiger partial charge in [0.1, 0.15) is 13.2 Å². The van der Waals surface area contributed by atoms with Crippen LogP contribution in [-0.4, -0.2) is 42.3 Å². The van der Waals surface area contributed by atoms with Crippen LogP contribution in [0, 0.1) is 6.92 Å². The lowest BCUT2D eigenvalue weighted by Gasteiger charge is -2.15. The molecule has 0 unspecified atom stereocenters. The number of aryl methyl sites for hydroxylation is 1. The van der Waals surface area contributed by atoms with Crippen LogP contribution in [0.15, 0.2) is 45.8 Å². The highest BCUT2D eigenvalue weighted by molar-refractivity contribution is 9.10. The number of imide groups is 1. The van der Waals surface area contributed by atoms with E-state index in [-0.39, 0.29) is 4.91 Å². The van der Waals surface area contributed by atoms with E-state index in [4.69, 9.17) is 9.47 Å². The molecule has 1 aliphatic heterocycles. The number of methoxy groups -OCH3 is 1. The van der Waals surface area contributed by atoms with Gasteiger partial charge in [0.25, 0.3) is 11.1 Å². The number of hydrogen-bond acceptors (Lipinski definition) is 7. The molecule has 0 bridgehead atoms. The lowest BCUT2D eigenvalue weighted by molar-refractivity contribution is -0.143. The highest BCUT2D eigenvalue weighted by Gasteiger charge is 2.36. The van der Waals surface area contributed by atoms with Crippen molar-refractivity contribution in [1.29, 1.82) is 0 Å². The number of carbonyl (C=O) groups is 3. The summed E-state index contributed by atoms with van der Waals surface area (Å²) < 4.78 is 17.0. The van der Waals surface area contributed by atoms with Crippen molar-refractivity contribution < 1.29 is 28.6 Å². The quantitative estimate of drug-likeness (QED) is 0.360. The van der Waals surface area contributed by atoms with Crippen LogP contribution in [0.5, 0.6) is 11.5 Å². The van der Waals surface area contributed by atoms with Gasteiger partial charge in [0.05, 0.1) is 23.1 Å². The van der Waals surface area contributed by atoms with E-state index in [1.165, 1.54) is 7.11 Å². The van der Waals surface area contributed by atoms with Gasteiger partial charge in [-0.3, -0.25) is 19.3 Å². The van der Waals surface area contributed by atoms with E-state index in [0.29, 0.717) is 34.7 Å². The van der Waals surface area contributed by atoms with Gasteiger partial charge in [0.15, 0.2) is 11.5 Å². The Kier molecular flexibility index (Phi) is 7.98. The maximum absolute atomic E-state index is 12.6. The summed E-state index contributed by atoms with van der Waals surface area (Å²) in [5.41, 5.74) is 2.82. The zero-order chi connectivity index (χ0) is 23.3. The smallest absolute Gasteiger partial charge is 0.325 e. The minimum absolute atomic E-state index is 0.210. The molecule has 1 aliphatic rings. The number of esters is 1. The third kappa shape index (κ3) is 5.72. The van der Waals surface area contributed by atoms with Crippen molar-refractivity contribution in [3.05, 3.63) is 62.5 Å². The molecule has 0 spiro atoms. The maximum atomic E-state index is 12.6. The van der Waals surface area contributed by atoms with E-state index >= 15 is 0 Å². The molecule has 0 aliphatic carbocycles. The summed E-state index contributed by atoms with van der Waals surface area (Å²) in [4.78, 5) is 37.2. The Hall–Kier alpha value is -2.78. The maximum Gasteiger partial charge on any atom is 0.325 e. The fourth-order valence-electron chi connectivity index (χ4n) is 3.01. The molecule has 2 aromatic rings. The number of amides is 2. The first-order valence-corrected chi connectivity index (χ1v) is 11.4. The van der Waals surface area contributed by atoms with Crippen LogP contribution in [0.4, 0.5) is 4.79 Å². The number of ether oxygens (including phenoxy) is 3. The number of benzene rings is 2. The zero-order valence-electron chi connectivity index (χ0n) is 17.8. The topological polar surface area (TPSA) is 82.1 Å². The number of thioether (sulfide) groups is 1. The van der Waals surface area contributed by atoms with Gasteiger partial charge in [0.2, 0.25) is 0 Å². The Morgan fingerprint density at radius 2 is 1.97 bits per heavy atom. The standard InChI is InChI=1S/C23H22BrNO6S/c1-4-30-18-10-16(11-19-22(27)25(23(28)32-19)12-20(26)29-3)9-17(24)21(18)31-13-15-7-5-6-14(2)8-15/h5-11H,4,12-13H2,1-3H3/b19-11-. The van der Waals surface area contributed by atoms with Gasteiger partial charge < -0.3 is 14.2 Å². The molecular weight excluding hydrogens is 498 g/mol. The predicted octanol–water partition coefficient (Wildman–Crippen LogP) is 4.94.